The van der Waals surface area contributed by atoms with Crippen LogP contribution in [0.25, 0.3) is 10.9 Å². The molecule has 0 amide bonds. The van der Waals surface area contributed by atoms with Gasteiger partial charge in [0.1, 0.15) is 0 Å². The van der Waals surface area contributed by atoms with E-state index in [0.29, 0.717) is 0 Å². The van der Waals surface area contributed by atoms with E-state index in [1.54, 1.807) is 0 Å². The molecule has 0 bridgehead atoms. The van der Waals surface area contributed by atoms with E-state index in [1.807, 2.05) is 25.1 Å². The first-order valence-corrected chi connectivity index (χ1v) is 5.23. The monoisotopic (exact) mass is 204 g/mol. The summed E-state index contributed by atoms with van der Waals surface area (Å²) in [7, 11) is 0. The smallest absolute Gasteiger partial charge is 0.0645 e. The van der Waals surface area contributed by atoms with E-state index < -0.39 is 0 Å². The second-order valence-corrected chi connectivity index (χ2v) is 3.52. The van der Waals surface area contributed by atoms with Gasteiger partial charge >= 0.3 is 0 Å². The number of nitrogens with two attached hydrogens (primary N) is 1. The molecule has 0 aliphatic carbocycles. The number of nitrogen functional groups attached to an aromatic ring is 1. The molecule has 1 heterocycles. The number of rotatable bonds is 4. The van der Waals surface area contributed by atoms with Gasteiger partial charge in [-0.05, 0) is 30.5 Å². The second-order valence-electron chi connectivity index (χ2n) is 3.52. The Labute approximate surface area is 89.4 Å². The molecule has 3 heteroatoms. The summed E-state index contributed by atoms with van der Waals surface area (Å²) < 4.78 is 7.50. The zero-order valence-electron chi connectivity index (χ0n) is 8.94. The highest BCUT2D eigenvalue weighted by molar-refractivity contribution is 5.83. The number of ether oxygens (including phenoxy) is 1. The molecule has 0 fully saturated rings. The molecule has 3 nitrogen and oxygen atoms in total. The highest BCUT2D eigenvalue weighted by Crippen LogP contribution is 2.18. The Morgan fingerprint density at radius 3 is 3.00 bits per heavy atom. The number of anilines is 1. The average Bonchev–Trinajstić information content (AvgIpc) is 2.62. The van der Waals surface area contributed by atoms with Crippen molar-refractivity contribution in [2.24, 2.45) is 0 Å². The van der Waals surface area contributed by atoms with Crippen LogP contribution in [0, 0.1) is 0 Å². The summed E-state index contributed by atoms with van der Waals surface area (Å²) in [5.41, 5.74) is 7.74. The molecule has 2 rings (SSSR count). The SMILES string of the molecule is CCOCCn1ccc2ccc(N)cc21. The van der Waals surface area contributed by atoms with Crippen LogP contribution in [0.4, 0.5) is 5.69 Å². The Balaban J connectivity index is 2.23. The van der Waals surface area contributed by atoms with Gasteiger partial charge in [-0.2, -0.15) is 0 Å². The highest BCUT2D eigenvalue weighted by atomic mass is 16.5. The number of nitrogens with zero attached hydrogens (tertiary/aromatic N) is 1. The van der Waals surface area contributed by atoms with E-state index in [2.05, 4.69) is 16.8 Å². The molecule has 2 N–H and O–H groups in total. The van der Waals surface area contributed by atoms with Crippen molar-refractivity contribution in [3.05, 3.63) is 30.5 Å². The summed E-state index contributed by atoms with van der Waals surface area (Å²) in [6.07, 6.45) is 2.07. The minimum absolute atomic E-state index is 0.745. The van der Waals surface area contributed by atoms with Gasteiger partial charge in [-0.1, -0.05) is 6.07 Å². The molecule has 15 heavy (non-hydrogen) atoms. The van der Waals surface area contributed by atoms with Crippen molar-refractivity contribution in [3.8, 4) is 0 Å². The predicted octanol–water partition coefficient (Wildman–Crippen LogP) is 2.26. The lowest BCUT2D eigenvalue weighted by atomic mass is 10.2. The van der Waals surface area contributed by atoms with Crippen molar-refractivity contribution < 1.29 is 4.74 Å². The van der Waals surface area contributed by atoms with Crippen LogP contribution in [-0.2, 0) is 11.3 Å². The summed E-state index contributed by atoms with van der Waals surface area (Å²) in [5.74, 6) is 0. The van der Waals surface area contributed by atoms with Gasteiger partial charge in [0.05, 0.1) is 12.1 Å². The van der Waals surface area contributed by atoms with Crippen molar-refractivity contribution in [2.75, 3.05) is 18.9 Å². The van der Waals surface area contributed by atoms with E-state index in [1.165, 1.54) is 10.9 Å². The van der Waals surface area contributed by atoms with Crippen LogP contribution in [0.1, 0.15) is 6.92 Å². The van der Waals surface area contributed by atoms with Gasteiger partial charge in [-0.15, -0.1) is 0 Å². The fourth-order valence-corrected chi connectivity index (χ4v) is 1.70. The second kappa shape index (κ2) is 4.36. The summed E-state index contributed by atoms with van der Waals surface area (Å²) in [5, 5.41) is 1.22. The number of hydrogen-bond acceptors (Lipinski definition) is 2. The third-order valence-electron chi connectivity index (χ3n) is 2.48. The van der Waals surface area contributed by atoms with Crippen LogP contribution in [0.5, 0.6) is 0 Å². The van der Waals surface area contributed by atoms with Crippen LogP contribution in [0.3, 0.4) is 0 Å². The number of hydrogen-bond donors (Lipinski definition) is 1. The van der Waals surface area contributed by atoms with Crippen LogP contribution in [0.2, 0.25) is 0 Å². The molecule has 0 aliphatic heterocycles. The molecular weight excluding hydrogens is 188 g/mol. The molecule has 0 aliphatic rings. The minimum atomic E-state index is 0.745. The zero-order valence-corrected chi connectivity index (χ0v) is 8.94. The molecule has 1 aromatic carbocycles. The van der Waals surface area contributed by atoms with Gasteiger partial charge in [-0.3, -0.25) is 0 Å². The Morgan fingerprint density at radius 1 is 1.33 bits per heavy atom. The molecule has 0 radical (unpaired) electrons. The minimum Gasteiger partial charge on any atom is -0.399 e. The molecule has 0 saturated carbocycles. The lowest BCUT2D eigenvalue weighted by Crippen LogP contribution is -2.04. The fraction of sp³-hybridized carbons (Fsp3) is 0.333. The predicted molar refractivity (Wildman–Crippen MR) is 62.8 cm³/mol. The lowest BCUT2D eigenvalue weighted by molar-refractivity contribution is 0.140. The zero-order chi connectivity index (χ0) is 10.7. The summed E-state index contributed by atoms with van der Waals surface area (Å²) >= 11 is 0. The van der Waals surface area contributed by atoms with Crippen LogP contribution < -0.4 is 5.73 Å². The van der Waals surface area contributed by atoms with E-state index in [0.717, 1.165) is 25.4 Å². The van der Waals surface area contributed by atoms with Crippen LogP contribution in [0.15, 0.2) is 30.5 Å². The van der Waals surface area contributed by atoms with Crippen molar-refractivity contribution in [2.45, 2.75) is 13.5 Å². The van der Waals surface area contributed by atoms with Crippen molar-refractivity contribution in [1.82, 2.24) is 4.57 Å². The molecular formula is C12H16N2O. The van der Waals surface area contributed by atoms with Crippen molar-refractivity contribution in [1.29, 1.82) is 0 Å². The first-order chi connectivity index (χ1) is 7.31. The maximum atomic E-state index is 5.76. The maximum absolute atomic E-state index is 5.76. The van der Waals surface area contributed by atoms with Gasteiger partial charge in [0, 0.05) is 25.0 Å². The Bertz CT molecular complexity index is 448. The topological polar surface area (TPSA) is 40.2 Å². The average molecular weight is 204 g/mol. The molecule has 0 atom stereocenters. The Hall–Kier alpha value is -1.48. The van der Waals surface area contributed by atoms with Crippen molar-refractivity contribution in [3.63, 3.8) is 0 Å². The van der Waals surface area contributed by atoms with Gasteiger partial charge in [0.25, 0.3) is 0 Å². The van der Waals surface area contributed by atoms with Gasteiger partial charge in [0.2, 0.25) is 0 Å². The molecule has 2 aromatic rings. The number of fused-ring (bicyclic) bond motifs is 1. The third kappa shape index (κ3) is 2.13. The summed E-state index contributed by atoms with van der Waals surface area (Å²) in [6.45, 7) is 4.39. The van der Waals surface area contributed by atoms with E-state index >= 15 is 0 Å². The quantitative estimate of drug-likeness (QED) is 0.613. The number of aromatic nitrogens is 1. The molecule has 0 spiro atoms. The normalized spacial score (nSPS) is 11.0. The third-order valence-corrected chi connectivity index (χ3v) is 2.48. The lowest BCUT2D eigenvalue weighted by Gasteiger charge is -2.05. The molecule has 80 valence electrons. The van der Waals surface area contributed by atoms with E-state index in [9.17, 15) is 0 Å². The first-order valence-electron chi connectivity index (χ1n) is 5.23. The fourth-order valence-electron chi connectivity index (χ4n) is 1.70. The van der Waals surface area contributed by atoms with Gasteiger partial charge in [0.15, 0.2) is 0 Å². The van der Waals surface area contributed by atoms with E-state index in [4.69, 9.17) is 10.5 Å². The van der Waals surface area contributed by atoms with Gasteiger partial charge in [-0.25, -0.2) is 0 Å². The molecule has 1 aromatic heterocycles. The summed E-state index contributed by atoms with van der Waals surface area (Å²) in [6, 6.07) is 8.07. The molecule has 0 unspecified atom stereocenters. The van der Waals surface area contributed by atoms with Gasteiger partial charge < -0.3 is 15.0 Å². The molecule has 0 saturated heterocycles. The summed E-state index contributed by atoms with van der Waals surface area (Å²) in [4.78, 5) is 0. The van der Waals surface area contributed by atoms with E-state index in [-0.39, 0.29) is 0 Å². The van der Waals surface area contributed by atoms with Crippen molar-refractivity contribution >= 4 is 16.6 Å². The Morgan fingerprint density at radius 2 is 2.20 bits per heavy atom. The maximum Gasteiger partial charge on any atom is 0.0645 e. The largest absolute Gasteiger partial charge is 0.399 e. The van der Waals surface area contributed by atoms with Crippen LogP contribution in [-0.4, -0.2) is 17.8 Å². The Kier molecular flexibility index (Phi) is 2.92. The number of benzene rings is 1. The first kappa shape index (κ1) is 10.1. The standard InChI is InChI=1S/C12H16N2O/c1-2-15-8-7-14-6-5-10-3-4-11(13)9-12(10)14/h3-6,9H,2,7-8,13H2,1H3. The van der Waals surface area contributed by atoms with Crippen LogP contribution >= 0.6 is 0 Å². The highest BCUT2D eigenvalue weighted by Gasteiger charge is 2.00.